The highest BCUT2D eigenvalue weighted by Gasteiger charge is 2.43. The predicted molar refractivity (Wildman–Crippen MR) is 64.9 cm³/mol. The summed E-state index contributed by atoms with van der Waals surface area (Å²) in [7, 11) is 0. The Bertz CT molecular complexity index is 392. The Kier molecular flexibility index (Phi) is 3.35. The molecule has 0 aromatic heterocycles. The molecule has 0 spiro atoms. The predicted octanol–water partition coefficient (Wildman–Crippen LogP) is 1.50. The summed E-state index contributed by atoms with van der Waals surface area (Å²) in [5, 5.41) is 10.2. The molecule has 0 radical (unpaired) electrons. The van der Waals surface area contributed by atoms with Gasteiger partial charge in [-0.3, -0.25) is 0 Å². The monoisotopic (exact) mass is 250 g/mol. The maximum atomic E-state index is 10.2. The molecular formula is C14H18O4. The zero-order valence-corrected chi connectivity index (χ0v) is 10.4. The van der Waals surface area contributed by atoms with Gasteiger partial charge in [0.05, 0.1) is 19.3 Å². The van der Waals surface area contributed by atoms with Crippen LogP contribution < -0.4 is 0 Å². The van der Waals surface area contributed by atoms with Gasteiger partial charge in [-0.15, -0.1) is 0 Å². The van der Waals surface area contributed by atoms with Crippen LogP contribution in [0.1, 0.15) is 18.8 Å². The van der Waals surface area contributed by atoms with Gasteiger partial charge in [-0.05, 0) is 0 Å². The van der Waals surface area contributed by atoms with Gasteiger partial charge in [0.1, 0.15) is 12.2 Å². The van der Waals surface area contributed by atoms with Gasteiger partial charge in [0.2, 0.25) is 0 Å². The van der Waals surface area contributed by atoms with Gasteiger partial charge in [0.15, 0.2) is 6.29 Å². The van der Waals surface area contributed by atoms with E-state index in [9.17, 15) is 5.11 Å². The van der Waals surface area contributed by atoms with Crippen molar-refractivity contribution < 1.29 is 19.3 Å². The van der Waals surface area contributed by atoms with Crippen LogP contribution in [0.3, 0.4) is 0 Å². The molecule has 18 heavy (non-hydrogen) atoms. The van der Waals surface area contributed by atoms with E-state index in [0.717, 1.165) is 5.56 Å². The van der Waals surface area contributed by atoms with Crippen LogP contribution in [-0.2, 0) is 14.2 Å². The number of hydrogen-bond acceptors (Lipinski definition) is 4. The van der Waals surface area contributed by atoms with Gasteiger partial charge in [-0.1, -0.05) is 37.3 Å². The molecular weight excluding hydrogens is 232 g/mol. The van der Waals surface area contributed by atoms with Crippen molar-refractivity contribution in [3.63, 3.8) is 0 Å². The van der Waals surface area contributed by atoms with Crippen LogP contribution in [0, 0.1) is 5.92 Å². The fourth-order valence-corrected chi connectivity index (χ4v) is 2.47. The minimum atomic E-state index is -0.487. The van der Waals surface area contributed by atoms with Crippen LogP contribution in [0.25, 0.3) is 0 Å². The van der Waals surface area contributed by atoms with E-state index in [1.807, 2.05) is 37.3 Å². The van der Waals surface area contributed by atoms with Crippen LogP contribution in [0.4, 0.5) is 0 Å². The van der Waals surface area contributed by atoms with Crippen LogP contribution in [0.5, 0.6) is 0 Å². The summed E-state index contributed by atoms with van der Waals surface area (Å²) in [6, 6.07) is 9.78. The zero-order chi connectivity index (χ0) is 12.5. The van der Waals surface area contributed by atoms with Crippen molar-refractivity contribution in [1.29, 1.82) is 0 Å². The maximum absolute atomic E-state index is 10.2. The molecule has 5 unspecified atom stereocenters. The van der Waals surface area contributed by atoms with Gasteiger partial charge in [-0.2, -0.15) is 0 Å². The first-order chi connectivity index (χ1) is 8.75. The molecule has 3 rings (SSSR count). The van der Waals surface area contributed by atoms with E-state index < -0.39 is 12.4 Å². The summed E-state index contributed by atoms with van der Waals surface area (Å²) in [6.07, 6.45) is -1.35. The lowest BCUT2D eigenvalue weighted by Crippen LogP contribution is -2.55. The molecule has 2 heterocycles. The molecule has 5 atom stereocenters. The number of aliphatic hydroxyl groups excluding tert-OH is 1. The molecule has 0 bridgehead atoms. The minimum Gasteiger partial charge on any atom is -0.390 e. The molecule has 1 N–H and O–H groups in total. The van der Waals surface area contributed by atoms with E-state index >= 15 is 0 Å². The topological polar surface area (TPSA) is 47.9 Å². The third-order valence-electron chi connectivity index (χ3n) is 3.62. The van der Waals surface area contributed by atoms with E-state index in [0.29, 0.717) is 13.2 Å². The first kappa shape index (κ1) is 12.1. The van der Waals surface area contributed by atoms with Crippen molar-refractivity contribution in [2.45, 2.75) is 31.5 Å². The van der Waals surface area contributed by atoms with Crippen LogP contribution in [0.15, 0.2) is 30.3 Å². The van der Waals surface area contributed by atoms with Gasteiger partial charge in [0.25, 0.3) is 0 Å². The normalized spacial score (nSPS) is 40.2. The molecule has 2 aliphatic rings. The maximum Gasteiger partial charge on any atom is 0.184 e. The minimum absolute atomic E-state index is 0.0979. The Morgan fingerprint density at radius 3 is 2.67 bits per heavy atom. The molecule has 4 nitrogen and oxygen atoms in total. The Morgan fingerprint density at radius 1 is 1.11 bits per heavy atom. The van der Waals surface area contributed by atoms with E-state index in [2.05, 4.69) is 0 Å². The molecule has 1 aromatic carbocycles. The quantitative estimate of drug-likeness (QED) is 0.820. The number of fused-ring (bicyclic) bond motifs is 1. The summed E-state index contributed by atoms with van der Waals surface area (Å²) in [4.78, 5) is 0. The van der Waals surface area contributed by atoms with Crippen molar-refractivity contribution in [3.05, 3.63) is 35.9 Å². The number of benzene rings is 1. The lowest BCUT2D eigenvalue weighted by Gasteiger charge is -2.44. The van der Waals surface area contributed by atoms with Crippen molar-refractivity contribution in [3.8, 4) is 0 Å². The largest absolute Gasteiger partial charge is 0.390 e. The Morgan fingerprint density at radius 2 is 1.89 bits per heavy atom. The summed E-state index contributed by atoms with van der Waals surface area (Å²) in [5.74, 6) is 0.0979. The van der Waals surface area contributed by atoms with Gasteiger partial charge in [-0.25, -0.2) is 0 Å². The van der Waals surface area contributed by atoms with E-state index in [1.54, 1.807) is 0 Å². The highest BCUT2D eigenvalue weighted by atomic mass is 16.7. The fraction of sp³-hybridized carbons (Fsp3) is 0.571. The molecule has 0 saturated carbocycles. The van der Waals surface area contributed by atoms with Gasteiger partial charge >= 0.3 is 0 Å². The molecule has 2 saturated heterocycles. The standard InChI is InChI=1S/C14H18O4/c1-9-7-16-11-8-17-14(18-13(11)12(9)15)10-5-3-2-4-6-10/h2-6,9,11-15H,7-8H2,1H3. The lowest BCUT2D eigenvalue weighted by molar-refractivity contribution is -0.307. The van der Waals surface area contributed by atoms with E-state index in [1.165, 1.54) is 0 Å². The molecule has 98 valence electrons. The summed E-state index contributed by atoms with van der Waals surface area (Å²) in [6.45, 7) is 3.00. The molecule has 4 heteroatoms. The van der Waals surface area contributed by atoms with Crippen LogP contribution >= 0.6 is 0 Å². The van der Waals surface area contributed by atoms with Crippen molar-refractivity contribution in [2.24, 2.45) is 5.92 Å². The smallest absolute Gasteiger partial charge is 0.184 e. The molecule has 1 aromatic rings. The molecule has 2 aliphatic heterocycles. The summed E-state index contributed by atoms with van der Waals surface area (Å²) >= 11 is 0. The molecule has 0 aliphatic carbocycles. The van der Waals surface area contributed by atoms with Crippen LogP contribution in [0.2, 0.25) is 0 Å². The summed E-state index contributed by atoms with van der Waals surface area (Å²) in [5.41, 5.74) is 0.973. The average Bonchev–Trinajstić information content (AvgIpc) is 2.44. The number of rotatable bonds is 1. The van der Waals surface area contributed by atoms with E-state index in [-0.39, 0.29) is 18.1 Å². The Hall–Kier alpha value is -0.940. The Labute approximate surface area is 106 Å². The lowest BCUT2D eigenvalue weighted by atomic mass is 9.93. The first-order valence-electron chi connectivity index (χ1n) is 6.37. The second kappa shape index (κ2) is 4.97. The van der Waals surface area contributed by atoms with Crippen molar-refractivity contribution in [1.82, 2.24) is 0 Å². The highest BCUT2D eigenvalue weighted by Crippen LogP contribution is 2.33. The summed E-state index contributed by atoms with van der Waals surface area (Å²) < 4.78 is 17.2. The van der Waals surface area contributed by atoms with Crippen LogP contribution in [-0.4, -0.2) is 36.6 Å². The highest BCUT2D eigenvalue weighted by molar-refractivity contribution is 5.16. The number of ether oxygens (including phenoxy) is 3. The number of aliphatic hydroxyl groups is 1. The third kappa shape index (κ3) is 2.17. The Balaban J connectivity index is 1.75. The first-order valence-corrected chi connectivity index (χ1v) is 6.37. The van der Waals surface area contributed by atoms with Gasteiger partial charge < -0.3 is 19.3 Å². The van der Waals surface area contributed by atoms with E-state index in [4.69, 9.17) is 14.2 Å². The van der Waals surface area contributed by atoms with Crippen molar-refractivity contribution >= 4 is 0 Å². The second-order valence-electron chi connectivity index (χ2n) is 5.02. The SMILES string of the molecule is CC1COC2COC(c3ccccc3)OC2C1O. The zero-order valence-electron chi connectivity index (χ0n) is 10.4. The van der Waals surface area contributed by atoms with Crippen molar-refractivity contribution in [2.75, 3.05) is 13.2 Å². The molecule has 2 fully saturated rings. The average molecular weight is 250 g/mol. The second-order valence-corrected chi connectivity index (χ2v) is 5.02. The molecule has 0 amide bonds. The van der Waals surface area contributed by atoms with Gasteiger partial charge in [0, 0.05) is 11.5 Å². The third-order valence-corrected chi connectivity index (χ3v) is 3.62. The number of hydrogen-bond donors (Lipinski definition) is 1. The fourth-order valence-electron chi connectivity index (χ4n) is 2.47.